The van der Waals surface area contributed by atoms with E-state index in [-0.39, 0.29) is 18.2 Å². The van der Waals surface area contributed by atoms with E-state index in [0.29, 0.717) is 35.0 Å². The summed E-state index contributed by atoms with van der Waals surface area (Å²) in [5.41, 5.74) is 1.50. The Kier molecular flexibility index (Phi) is 7.53. The van der Waals surface area contributed by atoms with Crippen molar-refractivity contribution in [3.63, 3.8) is 0 Å². The van der Waals surface area contributed by atoms with E-state index < -0.39 is 5.91 Å². The van der Waals surface area contributed by atoms with E-state index in [1.54, 1.807) is 48.5 Å². The van der Waals surface area contributed by atoms with Crippen LogP contribution < -0.4 is 15.4 Å². The van der Waals surface area contributed by atoms with Crippen LogP contribution >= 0.6 is 0 Å². The van der Waals surface area contributed by atoms with Crippen LogP contribution in [0.1, 0.15) is 30.1 Å². The number of carbonyl (C=O) groups is 2. The number of amides is 2. The van der Waals surface area contributed by atoms with Crippen LogP contribution in [0.15, 0.2) is 60.9 Å². The summed E-state index contributed by atoms with van der Waals surface area (Å²) in [6.07, 6.45) is 4.95. The summed E-state index contributed by atoms with van der Waals surface area (Å²) in [4.78, 5) is 32.7. The second-order valence-corrected chi connectivity index (χ2v) is 6.80. The van der Waals surface area contributed by atoms with Gasteiger partial charge < -0.3 is 20.5 Å². The van der Waals surface area contributed by atoms with Crippen molar-refractivity contribution in [2.45, 2.75) is 19.8 Å². The first-order valence-corrected chi connectivity index (χ1v) is 9.97. The maximum absolute atomic E-state index is 12.2. The fourth-order valence-corrected chi connectivity index (χ4v) is 2.69. The van der Waals surface area contributed by atoms with E-state index in [9.17, 15) is 14.7 Å². The van der Waals surface area contributed by atoms with Crippen LogP contribution in [-0.4, -0.2) is 40.0 Å². The highest BCUT2D eigenvalue weighted by molar-refractivity contribution is 5.99. The van der Waals surface area contributed by atoms with Gasteiger partial charge in [-0.05, 0) is 42.8 Å². The summed E-state index contributed by atoms with van der Waals surface area (Å²) < 4.78 is 5.57. The van der Waals surface area contributed by atoms with E-state index in [1.807, 2.05) is 0 Å². The average molecular weight is 420 g/mol. The highest BCUT2D eigenvalue weighted by Crippen LogP contribution is 2.20. The molecule has 3 N–H and O–H groups in total. The molecule has 0 fully saturated rings. The molecule has 1 heterocycles. The lowest BCUT2D eigenvalue weighted by atomic mass is 10.2. The molecule has 0 radical (unpaired) electrons. The summed E-state index contributed by atoms with van der Waals surface area (Å²) in [6.45, 7) is 2.54. The number of anilines is 1. The summed E-state index contributed by atoms with van der Waals surface area (Å²) >= 11 is 0. The number of hydrogen-bond acceptors (Lipinski definition) is 6. The maximum atomic E-state index is 12.2. The van der Waals surface area contributed by atoms with E-state index in [2.05, 4.69) is 27.5 Å². The van der Waals surface area contributed by atoms with E-state index in [0.717, 1.165) is 12.8 Å². The van der Waals surface area contributed by atoms with Gasteiger partial charge in [0, 0.05) is 11.1 Å². The number of phenolic OH excluding ortho intramolecular Hbond substituents is 1. The van der Waals surface area contributed by atoms with Crippen molar-refractivity contribution in [3.8, 4) is 22.9 Å². The number of phenols is 1. The van der Waals surface area contributed by atoms with Crippen LogP contribution in [-0.2, 0) is 4.79 Å². The van der Waals surface area contributed by atoms with Gasteiger partial charge in [0.25, 0.3) is 5.91 Å². The number of unbranched alkanes of at least 4 members (excludes halogenated alkanes) is 1. The van der Waals surface area contributed by atoms with Gasteiger partial charge >= 0.3 is 0 Å². The number of benzene rings is 2. The molecule has 0 aliphatic heterocycles. The molecule has 0 atom stereocenters. The number of carbonyl (C=O) groups excluding carboxylic acids is 2. The Morgan fingerprint density at radius 1 is 1.06 bits per heavy atom. The molecule has 8 heteroatoms. The Morgan fingerprint density at radius 3 is 2.48 bits per heavy atom. The second-order valence-electron chi connectivity index (χ2n) is 6.80. The third-order valence-electron chi connectivity index (χ3n) is 4.33. The van der Waals surface area contributed by atoms with Gasteiger partial charge in [-0.2, -0.15) is 0 Å². The normalized spacial score (nSPS) is 10.4. The number of aromatic nitrogens is 2. The zero-order valence-corrected chi connectivity index (χ0v) is 17.2. The summed E-state index contributed by atoms with van der Waals surface area (Å²) in [6, 6.07) is 13.3. The zero-order valence-electron chi connectivity index (χ0n) is 17.2. The summed E-state index contributed by atoms with van der Waals surface area (Å²) in [5.74, 6) is 0.487. The van der Waals surface area contributed by atoms with E-state index in [4.69, 9.17) is 4.74 Å². The molecule has 0 unspecified atom stereocenters. The Morgan fingerprint density at radius 2 is 1.81 bits per heavy atom. The first-order chi connectivity index (χ1) is 15.0. The smallest absolute Gasteiger partial charge is 0.251 e. The third-order valence-corrected chi connectivity index (χ3v) is 4.33. The standard InChI is InChI=1S/C23H24N4O4/c1-2-3-11-31-20-9-7-16(8-10-20)23(30)26-15-21(29)27-18-13-24-22(25-14-18)17-5-4-6-19(28)12-17/h4-10,12-14,28H,2-3,11,15H2,1H3,(H,26,30)(H,27,29). The topological polar surface area (TPSA) is 113 Å². The van der Waals surface area contributed by atoms with Gasteiger partial charge in [-0.15, -0.1) is 0 Å². The molecule has 1 aromatic heterocycles. The Balaban J connectivity index is 1.48. The number of ether oxygens (including phenoxy) is 1. The van der Waals surface area contributed by atoms with Gasteiger partial charge in [0.05, 0.1) is 31.2 Å². The van der Waals surface area contributed by atoms with Gasteiger partial charge in [-0.1, -0.05) is 25.5 Å². The van der Waals surface area contributed by atoms with Gasteiger partial charge in [0.1, 0.15) is 11.5 Å². The van der Waals surface area contributed by atoms with Crippen LogP contribution in [0.4, 0.5) is 5.69 Å². The summed E-state index contributed by atoms with van der Waals surface area (Å²) in [5, 5.41) is 14.7. The molecule has 0 spiro atoms. The van der Waals surface area contributed by atoms with Crippen molar-refractivity contribution in [1.82, 2.24) is 15.3 Å². The lowest BCUT2D eigenvalue weighted by Crippen LogP contribution is -2.32. The molecule has 160 valence electrons. The minimum absolute atomic E-state index is 0.118. The van der Waals surface area contributed by atoms with E-state index >= 15 is 0 Å². The predicted octanol–water partition coefficient (Wildman–Crippen LogP) is 3.40. The summed E-state index contributed by atoms with van der Waals surface area (Å²) in [7, 11) is 0. The molecule has 0 bridgehead atoms. The van der Waals surface area contributed by atoms with Crippen LogP contribution in [0.2, 0.25) is 0 Å². The first kappa shape index (κ1) is 21.8. The van der Waals surface area contributed by atoms with Gasteiger partial charge in [0.15, 0.2) is 5.82 Å². The number of hydrogen-bond donors (Lipinski definition) is 3. The van der Waals surface area contributed by atoms with Crippen LogP contribution in [0.25, 0.3) is 11.4 Å². The molecule has 2 aromatic carbocycles. The third kappa shape index (κ3) is 6.53. The zero-order chi connectivity index (χ0) is 22.1. The average Bonchev–Trinajstić information content (AvgIpc) is 2.78. The molecule has 3 rings (SSSR count). The molecule has 0 aliphatic rings. The minimum Gasteiger partial charge on any atom is -0.508 e. The molecule has 2 amide bonds. The highest BCUT2D eigenvalue weighted by atomic mass is 16.5. The largest absolute Gasteiger partial charge is 0.508 e. The Labute approximate surface area is 180 Å². The number of rotatable bonds is 9. The maximum Gasteiger partial charge on any atom is 0.251 e. The molecule has 8 nitrogen and oxygen atoms in total. The van der Waals surface area contributed by atoms with Crippen LogP contribution in [0.3, 0.4) is 0 Å². The van der Waals surface area contributed by atoms with Gasteiger partial charge in [0.2, 0.25) is 5.91 Å². The van der Waals surface area contributed by atoms with Crippen LogP contribution in [0.5, 0.6) is 11.5 Å². The second kappa shape index (κ2) is 10.7. The molecular weight excluding hydrogens is 396 g/mol. The fraction of sp³-hybridized carbons (Fsp3) is 0.217. The molecule has 31 heavy (non-hydrogen) atoms. The van der Waals surface area contributed by atoms with Crippen molar-refractivity contribution < 1.29 is 19.4 Å². The molecule has 0 saturated carbocycles. The Hall–Kier alpha value is -3.94. The lowest BCUT2D eigenvalue weighted by Gasteiger charge is -2.08. The van der Waals surface area contributed by atoms with Gasteiger partial charge in [-0.3, -0.25) is 9.59 Å². The van der Waals surface area contributed by atoms with Crippen molar-refractivity contribution in [1.29, 1.82) is 0 Å². The van der Waals surface area contributed by atoms with E-state index in [1.165, 1.54) is 12.4 Å². The molecule has 0 saturated heterocycles. The number of nitrogens with zero attached hydrogens (tertiary/aromatic N) is 2. The van der Waals surface area contributed by atoms with Crippen molar-refractivity contribution >= 4 is 17.5 Å². The fourth-order valence-electron chi connectivity index (χ4n) is 2.69. The molecular formula is C23H24N4O4. The monoisotopic (exact) mass is 420 g/mol. The number of aromatic hydroxyl groups is 1. The highest BCUT2D eigenvalue weighted by Gasteiger charge is 2.10. The van der Waals surface area contributed by atoms with Gasteiger partial charge in [-0.25, -0.2) is 9.97 Å². The number of nitrogens with one attached hydrogen (secondary N) is 2. The quantitative estimate of drug-likeness (QED) is 0.457. The lowest BCUT2D eigenvalue weighted by molar-refractivity contribution is -0.115. The van der Waals surface area contributed by atoms with Crippen LogP contribution in [0, 0.1) is 0 Å². The SMILES string of the molecule is CCCCOc1ccc(C(=O)NCC(=O)Nc2cnc(-c3cccc(O)c3)nc2)cc1. The van der Waals surface area contributed by atoms with Crippen molar-refractivity contribution in [2.24, 2.45) is 0 Å². The minimum atomic E-state index is -0.401. The first-order valence-electron chi connectivity index (χ1n) is 9.97. The molecule has 3 aromatic rings. The van der Waals surface area contributed by atoms with Crippen molar-refractivity contribution in [3.05, 3.63) is 66.5 Å². The predicted molar refractivity (Wildman–Crippen MR) is 117 cm³/mol. The molecule has 0 aliphatic carbocycles. The van der Waals surface area contributed by atoms with Crippen molar-refractivity contribution in [2.75, 3.05) is 18.5 Å². The Bertz CT molecular complexity index is 1020.